The lowest BCUT2D eigenvalue weighted by molar-refractivity contribution is -0.132. The van der Waals surface area contributed by atoms with Crippen molar-refractivity contribution in [2.75, 3.05) is 13.1 Å². The minimum atomic E-state index is -0.0441. The number of nitrogens with zero attached hydrogens (tertiary/aromatic N) is 3. The normalized spacial score (nSPS) is 21.0. The zero-order chi connectivity index (χ0) is 16.7. The van der Waals surface area contributed by atoms with Crippen LogP contribution < -0.4 is 5.56 Å². The Kier molecular flexibility index (Phi) is 4.16. The summed E-state index contributed by atoms with van der Waals surface area (Å²) in [6.07, 6.45) is 8.00. The smallest absolute Gasteiger partial charge is 0.262 e. The maximum absolute atomic E-state index is 12.9. The number of fused-ring (bicyclic) bond motifs is 3. The van der Waals surface area contributed by atoms with Crippen molar-refractivity contribution in [2.24, 2.45) is 5.92 Å². The molecule has 3 heterocycles. The Morgan fingerprint density at radius 2 is 2.12 bits per heavy atom. The summed E-state index contributed by atoms with van der Waals surface area (Å²) in [5.74, 6) is 0.712. The molecular formula is C18H23N3O2S. The van der Waals surface area contributed by atoms with Gasteiger partial charge in [-0.1, -0.05) is 6.92 Å². The monoisotopic (exact) mass is 345 g/mol. The van der Waals surface area contributed by atoms with Crippen LogP contribution >= 0.6 is 11.3 Å². The molecule has 0 unspecified atom stereocenters. The molecular weight excluding hydrogens is 322 g/mol. The van der Waals surface area contributed by atoms with Crippen molar-refractivity contribution in [1.29, 1.82) is 0 Å². The zero-order valence-corrected chi connectivity index (χ0v) is 14.9. The number of carbonyl (C=O) groups excluding carboxylic acids is 1. The highest BCUT2D eigenvalue weighted by molar-refractivity contribution is 7.18. The van der Waals surface area contributed by atoms with Crippen molar-refractivity contribution >= 4 is 27.5 Å². The Morgan fingerprint density at radius 3 is 2.92 bits per heavy atom. The SMILES string of the molecule is C[C@@H]1CCc2c(sc3ncn(CC(=O)N4CCCCC4)c(=O)c23)C1. The van der Waals surface area contributed by atoms with Crippen molar-refractivity contribution in [2.45, 2.75) is 52.0 Å². The van der Waals surface area contributed by atoms with Gasteiger partial charge in [-0.2, -0.15) is 0 Å². The van der Waals surface area contributed by atoms with E-state index < -0.39 is 0 Å². The van der Waals surface area contributed by atoms with Crippen LogP contribution in [-0.2, 0) is 24.2 Å². The van der Waals surface area contributed by atoms with Crippen LogP contribution in [0, 0.1) is 5.92 Å². The summed E-state index contributed by atoms with van der Waals surface area (Å²) >= 11 is 1.65. The molecule has 6 heteroatoms. The predicted octanol–water partition coefficient (Wildman–Crippen LogP) is 2.60. The van der Waals surface area contributed by atoms with Crippen LogP contribution in [0.25, 0.3) is 10.2 Å². The number of aromatic nitrogens is 2. The summed E-state index contributed by atoms with van der Waals surface area (Å²) in [6, 6.07) is 0. The van der Waals surface area contributed by atoms with E-state index in [1.54, 1.807) is 17.7 Å². The van der Waals surface area contributed by atoms with Crippen molar-refractivity contribution in [1.82, 2.24) is 14.5 Å². The molecule has 1 atom stereocenters. The fourth-order valence-corrected chi connectivity index (χ4v) is 5.21. The first-order valence-electron chi connectivity index (χ1n) is 8.91. The fourth-order valence-electron chi connectivity index (χ4n) is 3.87. The van der Waals surface area contributed by atoms with E-state index in [2.05, 4.69) is 11.9 Å². The van der Waals surface area contributed by atoms with Gasteiger partial charge in [0.05, 0.1) is 11.7 Å². The van der Waals surface area contributed by atoms with E-state index in [-0.39, 0.29) is 18.0 Å². The second-order valence-corrected chi connectivity index (χ2v) is 8.23. The number of carbonyl (C=O) groups is 1. The van der Waals surface area contributed by atoms with Gasteiger partial charge in [-0.25, -0.2) is 4.98 Å². The molecule has 2 aromatic rings. The zero-order valence-electron chi connectivity index (χ0n) is 14.1. The molecule has 2 aromatic heterocycles. The van der Waals surface area contributed by atoms with Crippen LogP contribution in [0.15, 0.2) is 11.1 Å². The summed E-state index contributed by atoms with van der Waals surface area (Å²) in [5, 5.41) is 0.760. The molecule has 0 bridgehead atoms. The predicted molar refractivity (Wildman–Crippen MR) is 95.5 cm³/mol. The minimum absolute atomic E-state index is 0.0377. The van der Waals surface area contributed by atoms with E-state index in [1.165, 1.54) is 21.4 Å². The van der Waals surface area contributed by atoms with Gasteiger partial charge in [0.2, 0.25) is 5.91 Å². The lowest BCUT2D eigenvalue weighted by Gasteiger charge is -2.26. The fraction of sp³-hybridized carbons (Fsp3) is 0.611. The number of hydrogen-bond acceptors (Lipinski definition) is 4. The van der Waals surface area contributed by atoms with Gasteiger partial charge < -0.3 is 4.90 Å². The van der Waals surface area contributed by atoms with Crippen LogP contribution in [0.2, 0.25) is 0 Å². The Hall–Kier alpha value is -1.69. The number of aryl methyl sites for hydroxylation is 1. The topological polar surface area (TPSA) is 55.2 Å². The lowest BCUT2D eigenvalue weighted by atomic mass is 9.89. The summed E-state index contributed by atoms with van der Waals surface area (Å²) in [7, 11) is 0. The van der Waals surface area contributed by atoms with E-state index >= 15 is 0 Å². The van der Waals surface area contributed by atoms with E-state index in [4.69, 9.17) is 0 Å². The first-order chi connectivity index (χ1) is 11.6. The third-order valence-electron chi connectivity index (χ3n) is 5.30. The summed E-state index contributed by atoms with van der Waals surface area (Å²) in [6.45, 7) is 4.00. The molecule has 1 saturated heterocycles. The van der Waals surface area contributed by atoms with Gasteiger partial charge in [0, 0.05) is 18.0 Å². The Balaban J connectivity index is 1.66. The van der Waals surface area contributed by atoms with E-state index in [1.807, 2.05) is 4.90 Å². The van der Waals surface area contributed by atoms with Gasteiger partial charge in [-0.05, 0) is 50.0 Å². The summed E-state index contributed by atoms with van der Waals surface area (Å²) < 4.78 is 1.50. The third kappa shape index (κ3) is 2.77. The Bertz CT molecular complexity index is 833. The van der Waals surface area contributed by atoms with Crippen molar-refractivity contribution in [3.63, 3.8) is 0 Å². The molecule has 1 aliphatic heterocycles. The molecule has 1 fully saturated rings. The number of amides is 1. The van der Waals surface area contributed by atoms with E-state index in [0.29, 0.717) is 5.92 Å². The quantitative estimate of drug-likeness (QED) is 0.841. The molecule has 0 radical (unpaired) electrons. The summed E-state index contributed by atoms with van der Waals surface area (Å²) in [5.41, 5.74) is 1.14. The number of likely N-dealkylation sites (tertiary alicyclic amines) is 1. The van der Waals surface area contributed by atoms with Crippen LogP contribution in [0.5, 0.6) is 0 Å². The maximum Gasteiger partial charge on any atom is 0.262 e. The minimum Gasteiger partial charge on any atom is -0.341 e. The largest absolute Gasteiger partial charge is 0.341 e. The molecule has 128 valence electrons. The molecule has 0 saturated carbocycles. The van der Waals surface area contributed by atoms with Gasteiger partial charge in [0.1, 0.15) is 11.4 Å². The third-order valence-corrected chi connectivity index (χ3v) is 6.46. The number of rotatable bonds is 2. The molecule has 2 aliphatic rings. The highest BCUT2D eigenvalue weighted by Crippen LogP contribution is 2.35. The molecule has 1 aliphatic carbocycles. The van der Waals surface area contributed by atoms with Gasteiger partial charge in [-0.3, -0.25) is 14.2 Å². The average Bonchev–Trinajstić information content (AvgIpc) is 2.96. The number of thiophene rings is 1. The van der Waals surface area contributed by atoms with Gasteiger partial charge in [0.15, 0.2) is 0 Å². The first kappa shape index (κ1) is 15.8. The van der Waals surface area contributed by atoms with Crippen molar-refractivity contribution in [3.8, 4) is 0 Å². The molecule has 4 rings (SSSR count). The van der Waals surface area contributed by atoms with E-state index in [0.717, 1.165) is 55.4 Å². The average molecular weight is 345 g/mol. The molecule has 5 nitrogen and oxygen atoms in total. The number of hydrogen-bond donors (Lipinski definition) is 0. The maximum atomic E-state index is 12.9. The molecule has 1 amide bonds. The second kappa shape index (κ2) is 6.31. The second-order valence-electron chi connectivity index (χ2n) is 7.15. The molecule has 24 heavy (non-hydrogen) atoms. The highest BCUT2D eigenvalue weighted by Gasteiger charge is 2.24. The number of piperidine rings is 1. The molecule has 0 aromatic carbocycles. The van der Waals surface area contributed by atoms with Crippen molar-refractivity contribution < 1.29 is 4.79 Å². The van der Waals surface area contributed by atoms with Crippen LogP contribution in [-0.4, -0.2) is 33.4 Å². The van der Waals surface area contributed by atoms with Gasteiger partial charge in [0.25, 0.3) is 5.56 Å². The van der Waals surface area contributed by atoms with Crippen LogP contribution in [0.3, 0.4) is 0 Å². The first-order valence-corrected chi connectivity index (χ1v) is 9.72. The standard InChI is InChI=1S/C18H23N3O2S/c1-12-5-6-13-14(9-12)24-17-16(13)18(23)21(11-19-17)10-15(22)20-7-3-2-4-8-20/h11-12H,2-10H2,1H3/t12-/m1/s1. The Morgan fingerprint density at radius 1 is 1.33 bits per heavy atom. The highest BCUT2D eigenvalue weighted by atomic mass is 32.1. The Labute approximate surface area is 145 Å². The molecule has 0 spiro atoms. The van der Waals surface area contributed by atoms with Crippen LogP contribution in [0.1, 0.15) is 43.0 Å². The molecule has 0 N–H and O–H groups in total. The van der Waals surface area contributed by atoms with Crippen molar-refractivity contribution in [3.05, 3.63) is 27.1 Å². The lowest BCUT2D eigenvalue weighted by Crippen LogP contribution is -2.39. The van der Waals surface area contributed by atoms with Gasteiger partial charge in [-0.15, -0.1) is 11.3 Å². The van der Waals surface area contributed by atoms with Crippen LogP contribution in [0.4, 0.5) is 0 Å². The van der Waals surface area contributed by atoms with Gasteiger partial charge >= 0.3 is 0 Å². The summed E-state index contributed by atoms with van der Waals surface area (Å²) in [4.78, 5) is 33.9. The van der Waals surface area contributed by atoms with E-state index in [9.17, 15) is 9.59 Å².